The lowest BCUT2D eigenvalue weighted by atomic mass is 9.75. The number of imidazole rings is 1. The maximum absolute atomic E-state index is 5.11. The van der Waals surface area contributed by atoms with Crippen molar-refractivity contribution in [3.63, 3.8) is 0 Å². The second-order valence-electron chi connectivity index (χ2n) is 19.1. The van der Waals surface area contributed by atoms with E-state index in [1.807, 2.05) is 0 Å². The lowest BCUT2D eigenvalue weighted by molar-refractivity contribution is 0.425. The standard InChI is InChI=1S/C63H47N3/c1-62(2)40-63(3,53-36-27-45(39-54(53)62)41-23-25-44(26-24-41)61-64-55-21-13-14-22-56(55)66(61)47-19-11-6-12-20-47)46-28-30-48(31-29-46)65-57-37-34-49(42-15-7-4-8-16-42)51-32-33-52-50(43-17-9-5-10-18-43)35-38-58(65)60(52)59(51)57/h4-39H,40H2,1-3H3. The van der Waals surface area contributed by atoms with E-state index in [1.165, 1.54) is 88.3 Å². The van der Waals surface area contributed by atoms with Gasteiger partial charge in [-0.15, -0.1) is 0 Å². The predicted molar refractivity (Wildman–Crippen MR) is 276 cm³/mol. The van der Waals surface area contributed by atoms with E-state index in [0.717, 1.165) is 34.5 Å². The van der Waals surface area contributed by atoms with Crippen molar-refractivity contribution in [1.29, 1.82) is 0 Å². The number of hydrogen-bond donors (Lipinski definition) is 0. The molecule has 1 atom stereocenters. The molecule has 0 radical (unpaired) electrons. The second kappa shape index (κ2) is 14.5. The highest BCUT2D eigenvalue weighted by Crippen LogP contribution is 2.54. The predicted octanol–water partition coefficient (Wildman–Crippen LogP) is 16.4. The van der Waals surface area contributed by atoms with Crippen LogP contribution in [0.3, 0.4) is 0 Å². The van der Waals surface area contributed by atoms with Crippen molar-refractivity contribution in [3.05, 3.63) is 235 Å². The first-order valence-corrected chi connectivity index (χ1v) is 23.2. The average Bonchev–Trinajstić information content (AvgIpc) is 4.00. The zero-order chi connectivity index (χ0) is 44.1. The summed E-state index contributed by atoms with van der Waals surface area (Å²) < 4.78 is 4.76. The van der Waals surface area contributed by atoms with Gasteiger partial charge in [-0.25, -0.2) is 4.98 Å². The molecule has 0 aliphatic heterocycles. The fraction of sp³-hybridized carbons (Fsp3) is 0.0952. The zero-order valence-electron chi connectivity index (χ0n) is 37.3. The Kier molecular flexibility index (Phi) is 8.45. The number of hydrogen-bond acceptors (Lipinski definition) is 1. The quantitative estimate of drug-likeness (QED) is 0.147. The molecule has 2 aromatic heterocycles. The minimum atomic E-state index is -0.139. The number of rotatable bonds is 7. The van der Waals surface area contributed by atoms with Crippen LogP contribution in [-0.4, -0.2) is 14.1 Å². The van der Waals surface area contributed by atoms with E-state index in [1.54, 1.807) is 0 Å². The summed E-state index contributed by atoms with van der Waals surface area (Å²) >= 11 is 0. The summed E-state index contributed by atoms with van der Waals surface area (Å²) in [5.74, 6) is 0.948. The van der Waals surface area contributed by atoms with Crippen molar-refractivity contribution in [2.45, 2.75) is 38.0 Å². The molecule has 3 nitrogen and oxygen atoms in total. The van der Waals surface area contributed by atoms with Gasteiger partial charge in [0.25, 0.3) is 0 Å². The van der Waals surface area contributed by atoms with E-state index < -0.39 is 0 Å². The summed E-state index contributed by atoms with van der Waals surface area (Å²) in [5, 5.41) is 5.21. The molecule has 0 bridgehead atoms. The molecule has 66 heavy (non-hydrogen) atoms. The maximum Gasteiger partial charge on any atom is 0.145 e. The molecule has 0 spiro atoms. The molecule has 3 heteroatoms. The summed E-state index contributed by atoms with van der Waals surface area (Å²) in [6, 6.07) is 80.2. The first-order valence-electron chi connectivity index (χ1n) is 23.2. The Balaban J connectivity index is 0.870. The highest BCUT2D eigenvalue weighted by atomic mass is 15.1. The number of nitrogens with zero attached hydrogens (tertiary/aromatic N) is 3. The van der Waals surface area contributed by atoms with E-state index >= 15 is 0 Å². The summed E-state index contributed by atoms with van der Waals surface area (Å²) in [5.41, 5.74) is 19.5. The summed E-state index contributed by atoms with van der Waals surface area (Å²) in [4.78, 5) is 5.11. The molecule has 10 aromatic carbocycles. The molecular formula is C63H47N3. The monoisotopic (exact) mass is 845 g/mol. The minimum Gasteiger partial charge on any atom is -0.309 e. The molecule has 314 valence electrons. The molecule has 0 saturated heterocycles. The molecule has 12 aromatic rings. The largest absolute Gasteiger partial charge is 0.309 e. The van der Waals surface area contributed by atoms with Crippen molar-refractivity contribution in [2.24, 2.45) is 0 Å². The Labute approximate surface area is 385 Å². The van der Waals surface area contributed by atoms with Gasteiger partial charge in [-0.2, -0.15) is 0 Å². The molecule has 1 aliphatic rings. The van der Waals surface area contributed by atoms with Crippen molar-refractivity contribution in [1.82, 2.24) is 14.1 Å². The van der Waals surface area contributed by atoms with Gasteiger partial charge in [-0.05, 0) is 121 Å². The maximum atomic E-state index is 5.11. The van der Waals surface area contributed by atoms with Gasteiger partial charge in [0.2, 0.25) is 0 Å². The van der Waals surface area contributed by atoms with Crippen molar-refractivity contribution >= 4 is 43.6 Å². The number of fused-ring (bicyclic) bond motifs is 2. The van der Waals surface area contributed by atoms with Gasteiger partial charge in [0.05, 0.1) is 22.1 Å². The lowest BCUT2D eigenvalue weighted by Gasteiger charge is -2.28. The third-order valence-corrected chi connectivity index (χ3v) is 14.7. The fourth-order valence-electron chi connectivity index (χ4n) is 11.7. The van der Waals surface area contributed by atoms with E-state index in [9.17, 15) is 0 Å². The zero-order valence-corrected chi connectivity index (χ0v) is 37.3. The molecule has 0 fully saturated rings. The molecule has 0 N–H and O–H groups in total. The first-order chi connectivity index (χ1) is 32.3. The Hall–Kier alpha value is -8.01. The Bertz CT molecular complexity index is 3670. The van der Waals surface area contributed by atoms with Crippen LogP contribution < -0.4 is 0 Å². The molecule has 1 aliphatic carbocycles. The van der Waals surface area contributed by atoms with Gasteiger partial charge in [0.1, 0.15) is 5.82 Å². The van der Waals surface area contributed by atoms with E-state index in [2.05, 4.69) is 248 Å². The second-order valence-corrected chi connectivity index (χ2v) is 19.1. The van der Waals surface area contributed by atoms with Crippen LogP contribution in [-0.2, 0) is 10.8 Å². The average molecular weight is 846 g/mol. The molecule has 2 heterocycles. The van der Waals surface area contributed by atoms with Gasteiger partial charge in [-0.3, -0.25) is 4.57 Å². The van der Waals surface area contributed by atoms with Gasteiger partial charge in [-0.1, -0.05) is 191 Å². The van der Waals surface area contributed by atoms with Crippen LogP contribution in [0.25, 0.3) is 99.8 Å². The Morgan fingerprint density at radius 3 is 1.55 bits per heavy atom. The molecule has 13 rings (SSSR count). The SMILES string of the molecule is CC1(C)CC(C)(c2ccc(-n3c4ccc(-c5ccccc5)c5ccc6c(-c7ccccc7)ccc3c6c54)cc2)c2ccc(-c3ccc(-c4nc5ccccc5n4-c4ccccc4)cc3)cc21. The fourth-order valence-corrected chi connectivity index (χ4v) is 11.7. The van der Waals surface area contributed by atoms with Gasteiger partial charge in [0, 0.05) is 33.1 Å². The summed E-state index contributed by atoms with van der Waals surface area (Å²) in [6.07, 6.45) is 1.03. The number of para-hydroxylation sites is 3. The Morgan fingerprint density at radius 2 is 0.924 bits per heavy atom. The van der Waals surface area contributed by atoms with Crippen LogP contribution in [0, 0.1) is 0 Å². The molecule has 0 saturated carbocycles. The topological polar surface area (TPSA) is 22.8 Å². The van der Waals surface area contributed by atoms with E-state index in [4.69, 9.17) is 4.98 Å². The van der Waals surface area contributed by atoms with Gasteiger partial charge >= 0.3 is 0 Å². The van der Waals surface area contributed by atoms with Crippen molar-refractivity contribution in [3.8, 4) is 56.1 Å². The van der Waals surface area contributed by atoms with E-state index in [0.29, 0.717) is 0 Å². The third kappa shape index (κ3) is 5.79. The number of benzene rings is 10. The van der Waals surface area contributed by atoms with Crippen LogP contribution in [0.1, 0.15) is 43.9 Å². The molecular weight excluding hydrogens is 799 g/mol. The van der Waals surface area contributed by atoms with Crippen molar-refractivity contribution in [2.75, 3.05) is 0 Å². The summed E-state index contributed by atoms with van der Waals surface area (Å²) in [7, 11) is 0. The number of aromatic nitrogens is 3. The van der Waals surface area contributed by atoms with Crippen LogP contribution in [0.4, 0.5) is 0 Å². The smallest absolute Gasteiger partial charge is 0.145 e. The minimum absolute atomic E-state index is 0.00590. The first kappa shape index (κ1) is 38.4. The Morgan fingerprint density at radius 1 is 0.394 bits per heavy atom. The highest BCUT2D eigenvalue weighted by molar-refractivity contribution is 6.28. The van der Waals surface area contributed by atoms with E-state index in [-0.39, 0.29) is 10.8 Å². The highest BCUT2D eigenvalue weighted by Gasteiger charge is 2.45. The van der Waals surface area contributed by atoms with Crippen LogP contribution in [0.15, 0.2) is 218 Å². The lowest BCUT2D eigenvalue weighted by Crippen LogP contribution is -2.23. The van der Waals surface area contributed by atoms with Crippen LogP contribution in [0.2, 0.25) is 0 Å². The van der Waals surface area contributed by atoms with Crippen LogP contribution in [0.5, 0.6) is 0 Å². The summed E-state index contributed by atoms with van der Waals surface area (Å²) in [6.45, 7) is 7.29. The van der Waals surface area contributed by atoms with Gasteiger partial charge in [0.15, 0.2) is 0 Å². The van der Waals surface area contributed by atoms with Crippen molar-refractivity contribution < 1.29 is 0 Å². The normalized spacial score (nSPS) is 15.6. The van der Waals surface area contributed by atoms with Crippen LogP contribution >= 0.6 is 0 Å². The molecule has 0 amide bonds. The van der Waals surface area contributed by atoms with Gasteiger partial charge < -0.3 is 4.57 Å². The third-order valence-electron chi connectivity index (χ3n) is 14.7. The molecule has 1 unspecified atom stereocenters.